The van der Waals surface area contributed by atoms with Crippen LogP contribution in [0, 0.1) is 17.6 Å². The highest BCUT2D eigenvalue weighted by Crippen LogP contribution is 2.34. The molecule has 2 rings (SSSR count). The van der Waals surface area contributed by atoms with Crippen LogP contribution in [-0.2, 0) is 4.79 Å². The van der Waals surface area contributed by atoms with Gasteiger partial charge in [-0.3, -0.25) is 4.79 Å². The first kappa shape index (κ1) is 11.6. The van der Waals surface area contributed by atoms with E-state index in [1.807, 2.05) is 0 Å². The average molecular weight is 239 g/mol. The fourth-order valence-electron chi connectivity index (χ4n) is 1.87. The Morgan fingerprint density at radius 2 is 2.06 bits per heavy atom. The van der Waals surface area contributed by atoms with E-state index in [4.69, 9.17) is 0 Å². The molecule has 1 amide bonds. The number of nitrogens with zero attached hydrogens (tertiary/aromatic N) is 1. The van der Waals surface area contributed by atoms with Gasteiger partial charge in [0.05, 0.1) is 5.69 Å². The number of carbonyl (C=O) groups excluding carboxylic acids is 1. The number of hydrogen-bond acceptors (Lipinski definition) is 2. The standard InChI is InChI=1S/C12H11F2NO2/c1-2-7-3-12(17)15(6-7)10-4-8(13)9(14)5-11(10)16/h2,4-5,7,16H,1,3,6H2. The van der Waals surface area contributed by atoms with Gasteiger partial charge >= 0.3 is 0 Å². The SMILES string of the molecule is C=CC1CC(=O)N(c2cc(F)c(F)cc2O)C1. The van der Waals surface area contributed by atoms with Crippen LogP contribution in [0.1, 0.15) is 6.42 Å². The summed E-state index contributed by atoms with van der Waals surface area (Å²) in [6.07, 6.45) is 1.90. The molecule has 0 spiro atoms. The van der Waals surface area contributed by atoms with Crippen molar-refractivity contribution < 1.29 is 18.7 Å². The lowest BCUT2D eigenvalue weighted by atomic mass is 10.1. The molecule has 0 saturated carbocycles. The molecule has 5 heteroatoms. The van der Waals surface area contributed by atoms with Crippen LogP contribution in [-0.4, -0.2) is 17.6 Å². The normalized spacial score (nSPS) is 19.8. The van der Waals surface area contributed by atoms with Gasteiger partial charge in [-0.05, 0) is 0 Å². The molecule has 1 heterocycles. The molecular weight excluding hydrogens is 228 g/mol. The summed E-state index contributed by atoms with van der Waals surface area (Å²) in [6, 6.07) is 1.49. The van der Waals surface area contributed by atoms with E-state index in [0.717, 1.165) is 6.07 Å². The van der Waals surface area contributed by atoms with E-state index in [1.165, 1.54) is 4.90 Å². The van der Waals surface area contributed by atoms with E-state index in [2.05, 4.69) is 6.58 Å². The van der Waals surface area contributed by atoms with Crippen molar-refractivity contribution in [3.8, 4) is 5.75 Å². The number of amides is 1. The van der Waals surface area contributed by atoms with Crippen molar-refractivity contribution in [2.45, 2.75) is 6.42 Å². The number of aromatic hydroxyl groups is 1. The van der Waals surface area contributed by atoms with Gasteiger partial charge in [-0.2, -0.15) is 0 Å². The molecule has 0 bridgehead atoms. The smallest absolute Gasteiger partial charge is 0.227 e. The van der Waals surface area contributed by atoms with Crippen LogP contribution >= 0.6 is 0 Å². The third kappa shape index (κ3) is 2.00. The molecule has 0 radical (unpaired) electrons. The number of phenolic OH excluding ortho intramolecular Hbond substituents is 1. The molecule has 0 aromatic heterocycles. The molecule has 90 valence electrons. The first-order valence-electron chi connectivity index (χ1n) is 5.14. The predicted octanol–water partition coefficient (Wildman–Crippen LogP) is 2.21. The molecular formula is C12H11F2NO2. The van der Waals surface area contributed by atoms with Crippen molar-refractivity contribution in [2.75, 3.05) is 11.4 Å². The second-order valence-electron chi connectivity index (χ2n) is 3.96. The van der Waals surface area contributed by atoms with Crippen molar-refractivity contribution in [1.29, 1.82) is 0 Å². The molecule has 0 aliphatic carbocycles. The minimum atomic E-state index is -1.14. The highest BCUT2D eigenvalue weighted by molar-refractivity contribution is 5.97. The van der Waals surface area contributed by atoms with Crippen molar-refractivity contribution in [3.05, 3.63) is 36.4 Å². The lowest BCUT2D eigenvalue weighted by Gasteiger charge is -2.17. The van der Waals surface area contributed by atoms with Crippen LogP contribution in [0.2, 0.25) is 0 Å². The Hall–Kier alpha value is -1.91. The summed E-state index contributed by atoms with van der Waals surface area (Å²) in [5, 5.41) is 9.53. The van der Waals surface area contributed by atoms with Gasteiger partial charge < -0.3 is 10.0 Å². The van der Waals surface area contributed by atoms with Crippen LogP contribution in [0.5, 0.6) is 5.75 Å². The number of rotatable bonds is 2. The summed E-state index contributed by atoms with van der Waals surface area (Å²) in [4.78, 5) is 12.9. The fraction of sp³-hybridized carbons (Fsp3) is 0.250. The molecule has 1 unspecified atom stereocenters. The molecule has 17 heavy (non-hydrogen) atoms. The number of halogens is 2. The van der Waals surface area contributed by atoms with Gasteiger partial charge in [0, 0.05) is 31.0 Å². The zero-order valence-electron chi connectivity index (χ0n) is 8.99. The maximum absolute atomic E-state index is 13.1. The molecule has 1 N–H and O–H groups in total. The number of anilines is 1. The van der Waals surface area contributed by atoms with Gasteiger partial charge in [0.15, 0.2) is 11.6 Å². The van der Waals surface area contributed by atoms with Gasteiger partial charge in [0.1, 0.15) is 5.75 Å². The van der Waals surface area contributed by atoms with Crippen LogP contribution in [0.15, 0.2) is 24.8 Å². The zero-order chi connectivity index (χ0) is 12.6. The van der Waals surface area contributed by atoms with Gasteiger partial charge in [-0.1, -0.05) is 6.08 Å². The molecule has 1 aliphatic rings. The lowest BCUT2D eigenvalue weighted by molar-refractivity contribution is -0.117. The van der Waals surface area contributed by atoms with E-state index in [1.54, 1.807) is 6.08 Å². The molecule has 1 aromatic rings. The Morgan fingerprint density at radius 1 is 1.41 bits per heavy atom. The second-order valence-corrected chi connectivity index (χ2v) is 3.96. The third-order valence-electron chi connectivity index (χ3n) is 2.80. The Labute approximate surface area is 97.0 Å². The molecule has 1 saturated heterocycles. The maximum Gasteiger partial charge on any atom is 0.227 e. The monoisotopic (exact) mass is 239 g/mol. The largest absolute Gasteiger partial charge is 0.506 e. The van der Waals surface area contributed by atoms with Crippen LogP contribution in [0.25, 0.3) is 0 Å². The van der Waals surface area contributed by atoms with Gasteiger partial charge in [0.25, 0.3) is 0 Å². The van der Waals surface area contributed by atoms with Crippen molar-refractivity contribution in [2.24, 2.45) is 5.92 Å². The summed E-state index contributed by atoms with van der Waals surface area (Å²) in [5.41, 5.74) is -0.00162. The Balaban J connectivity index is 2.38. The van der Waals surface area contributed by atoms with Crippen LogP contribution < -0.4 is 4.90 Å². The molecule has 1 aromatic carbocycles. The number of hydrogen-bond donors (Lipinski definition) is 1. The summed E-state index contributed by atoms with van der Waals surface area (Å²) in [7, 11) is 0. The maximum atomic E-state index is 13.1. The fourth-order valence-corrected chi connectivity index (χ4v) is 1.87. The Morgan fingerprint density at radius 3 is 2.65 bits per heavy atom. The van der Waals surface area contributed by atoms with E-state index in [9.17, 15) is 18.7 Å². The van der Waals surface area contributed by atoms with E-state index < -0.39 is 17.4 Å². The van der Waals surface area contributed by atoms with Gasteiger partial charge in [-0.25, -0.2) is 8.78 Å². The van der Waals surface area contributed by atoms with E-state index in [-0.39, 0.29) is 23.9 Å². The quantitative estimate of drug-likeness (QED) is 0.804. The molecule has 3 nitrogen and oxygen atoms in total. The van der Waals surface area contributed by atoms with Crippen LogP contribution in [0.4, 0.5) is 14.5 Å². The number of carbonyl (C=O) groups is 1. The van der Waals surface area contributed by atoms with Crippen molar-refractivity contribution in [3.63, 3.8) is 0 Å². The Kier molecular flexibility index (Phi) is 2.83. The van der Waals surface area contributed by atoms with Crippen LogP contribution in [0.3, 0.4) is 0 Å². The summed E-state index contributed by atoms with van der Waals surface area (Å²) >= 11 is 0. The lowest BCUT2D eigenvalue weighted by Crippen LogP contribution is -2.24. The molecule has 1 atom stereocenters. The highest BCUT2D eigenvalue weighted by atomic mass is 19.2. The average Bonchev–Trinajstić information content (AvgIpc) is 2.65. The number of phenols is 1. The van der Waals surface area contributed by atoms with Gasteiger partial charge in [0.2, 0.25) is 5.91 Å². The highest BCUT2D eigenvalue weighted by Gasteiger charge is 2.30. The van der Waals surface area contributed by atoms with E-state index in [0.29, 0.717) is 12.6 Å². The summed E-state index contributed by atoms with van der Waals surface area (Å²) in [5.74, 6) is -2.95. The first-order valence-corrected chi connectivity index (χ1v) is 5.14. The van der Waals surface area contributed by atoms with Gasteiger partial charge in [-0.15, -0.1) is 6.58 Å². The van der Waals surface area contributed by atoms with Crippen molar-refractivity contribution in [1.82, 2.24) is 0 Å². The Bertz CT molecular complexity index is 488. The molecule has 1 aliphatic heterocycles. The third-order valence-corrected chi connectivity index (χ3v) is 2.80. The topological polar surface area (TPSA) is 40.5 Å². The predicted molar refractivity (Wildman–Crippen MR) is 58.7 cm³/mol. The minimum absolute atomic E-state index is 0.00162. The summed E-state index contributed by atoms with van der Waals surface area (Å²) < 4.78 is 25.9. The molecule has 1 fully saturated rings. The minimum Gasteiger partial charge on any atom is -0.506 e. The van der Waals surface area contributed by atoms with Crippen molar-refractivity contribution >= 4 is 11.6 Å². The number of benzene rings is 1. The zero-order valence-corrected chi connectivity index (χ0v) is 8.99. The summed E-state index contributed by atoms with van der Waals surface area (Å²) in [6.45, 7) is 3.90. The van der Waals surface area contributed by atoms with E-state index >= 15 is 0 Å². The second kappa shape index (κ2) is 4.16. The first-order chi connectivity index (χ1) is 8.02.